The summed E-state index contributed by atoms with van der Waals surface area (Å²) in [5, 5.41) is 1.24. The molecule has 0 unspecified atom stereocenters. The molecule has 0 saturated carbocycles. The number of aromatic nitrogens is 1. The number of nitrogens with zero attached hydrogens (tertiary/aromatic N) is 2. The maximum Gasteiger partial charge on any atom is 0.232 e. The van der Waals surface area contributed by atoms with Crippen LogP contribution in [0.15, 0.2) is 36.4 Å². The lowest BCUT2D eigenvalue weighted by molar-refractivity contribution is 0.355. The number of benzene rings is 2. The molecule has 0 atom stereocenters. The number of piperidine rings is 1. The van der Waals surface area contributed by atoms with Gasteiger partial charge in [-0.1, -0.05) is 13.8 Å². The molecule has 0 radical (unpaired) electrons. The SMILES string of the molecule is [C-]#[N+]CC1(N)CCN(c2ccc3[nH]c(-c4ccc(OC)c(OC)c4)c(C(C)C)c3c2)CC1. The lowest BCUT2D eigenvalue weighted by Crippen LogP contribution is -2.52. The topological polar surface area (TPSA) is 67.9 Å². The first-order valence-electron chi connectivity index (χ1n) is 11.1. The van der Waals surface area contributed by atoms with Crippen molar-refractivity contribution in [1.82, 2.24) is 4.98 Å². The number of methoxy groups -OCH3 is 2. The zero-order valence-corrected chi connectivity index (χ0v) is 19.4. The summed E-state index contributed by atoms with van der Waals surface area (Å²) in [5.41, 5.74) is 11.9. The Kier molecular flexibility index (Phi) is 6.03. The van der Waals surface area contributed by atoms with Gasteiger partial charge in [0.2, 0.25) is 6.54 Å². The molecule has 168 valence electrons. The third-order valence-corrected chi connectivity index (χ3v) is 6.59. The van der Waals surface area contributed by atoms with E-state index in [1.165, 1.54) is 16.6 Å². The molecule has 6 nitrogen and oxygen atoms in total. The van der Waals surface area contributed by atoms with E-state index in [2.05, 4.69) is 52.8 Å². The Hall–Kier alpha value is -3.17. The van der Waals surface area contributed by atoms with Crippen molar-refractivity contribution in [2.75, 3.05) is 38.8 Å². The van der Waals surface area contributed by atoms with Crippen molar-refractivity contribution in [2.45, 2.75) is 38.1 Å². The van der Waals surface area contributed by atoms with Crippen molar-refractivity contribution in [3.63, 3.8) is 0 Å². The van der Waals surface area contributed by atoms with E-state index in [4.69, 9.17) is 21.8 Å². The predicted octanol–water partition coefficient (Wildman–Crippen LogP) is 5.19. The molecule has 32 heavy (non-hydrogen) atoms. The highest BCUT2D eigenvalue weighted by Crippen LogP contribution is 2.40. The van der Waals surface area contributed by atoms with Crippen molar-refractivity contribution >= 4 is 16.6 Å². The Morgan fingerprint density at radius 2 is 1.81 bits per heavy atom. The summed E-state index contributed by atoms with van der Waals surface area (Å²) in [6.07, 6.45) is 1.68. The van der Waals surface area contributed by atoms with Gasteiger partial charge in [0.05, 0.1) is 25.5 Å². The molecule has 2 heterocycles. The number of anilines is 1. The Bertz CT molecular complexity index is 1150. The van der Waals surface area contributed by atoms with Crippen LogP contribution in [0.5, 0.6) is 11.5 Å². The molecular weight excluding hydrogens is 400 g/mol. The number of hydrogen-bond donors (Lipinski definition) is 2. The van der Waals surface area contributed by atoms with Crippen LogP contribution in [0.1, 0.15) is 38.2 Å². The number of rotatable bonds is 6. The van der Waals surface area contributed by atoms with Crippen LogP contribution >= 0.6 is 0 Å². The van der Waals surface area contributed by atoms with Crippen molar-refractivity contribution in [1.29, 1.82) is 0 Å². The second-order valence-corrected chi connectivity index (χ2v) is 9.03. The molecule has 0 amide bonds. The minimum Gasteiger partial charge on any atom is -0.493 e. The van der Waals surface area contributed by atoms with Crippen LogP contribution in [-0.2, 0) is 0 Å². The molecule has 6 heteroatoms. The van der Waals surface area contributed by atoms with E-state index in [9.17, 15) is 0 Å². The van der Waals surface area contributed by atoms with Crippen LogP contribution in [0.3, 0.4) is 0 Å². The van der Waals surface area contributed by atoms with Gasteiger partial charge >= 0.3 is 0 Å². The zero-order valence-electron chi connectivity index (χ0n) is 19.4. The fourth-order valence-electron chi connectivity index (χ4n) is 4.74. The molecule has 2 aromatic carbocycles. The number of aromatic amines is 1. The number of ether oxygens (including phenoxy) is 2. The Morgan fingerprint density at radius 1 is 1.09 bits per heavy atom. The van der Waals surface area contributed by atoms with Gasteiger partial charge in [-0.3, -0.25) is 0 Å². The van der Waals surface area contributed by atoms with Gasteiger partial charge in [0.25, 0.3) is 0 Å². The van der Waals surface area contributed by atoms with Crippen LogP contribution in [-0.4, -0.2) is 44.4 Å². The maximum atomic E-state index is 7.17. The van der Waals surface area contributed by atoms with Crippen LogP contribution in [0.2, 0.25) is 0 Å². The fourth-order valence-corrected chi connectivity index (χ4v) is 4.74. The van der Waals surface area contributed by atoms with Crippen molar-refractivity contribution in [2.24, 2.45) is 5.73 Å². The summed E-state index contributed by atoms with van der Waals surface area (Å²) in [6.45, 7) is 13.8. The van der Waals surface area contributed by atoms with Gasteiger partial charge in [-0.15, -0.1) is 0 Å². The molecule has 1 saturated heterocycles. The van der Waals surface area contributed by atoms with Crippen LogP contribution < -0.4 is 20.1 Å². The van der Waals surface area contributed by atoms with Crippen molar-refractivity contribution in [3.8, 4) is 22.8 Å². The Balaban J connectivity index is 1.72. The standard InChI is InChI=1S/C26H32N4O2/c1-17(2)24-20-15-19(30-12-10-26(27,11-13-30)16-28-3)7-8-21(20)29-25(24)18-6-9-22(31-4)23(14-18)32-5/h6-9,14-15,17,29H,10-13,16,27H2,1-2,4-5H3. The summed E-state index contributed by atoms with van der Waals surface area (Å²) in [5.74, 6) is 1.79. The van der Waals surface area contributed by atoms with Crippen LogP contribution in [0.25, 0.3) is 27.0 Å². The van der Waals surface area contributed by atoms with E-state index in [1.54, 1.807) is 14.2 Å². The van der Waals surface area contributed by atoms with Gasteiger partial charge in [-0.25, -0.2) is 6.57 Å². The van der Waals surface area contributed by atoms with Gasteiger partial charge in [0, 0.05) is 35.2 Å². The number of hydrogen-bond acceptors (Lipinski definition) is 4. The lowest BCUT2D eigenvalue weighted by Gasteiger charge is -2.37. The molecule has 0 bridgehead atoms. The van der Waals surface area contributed by atoms with Gasteiger partial charge in [-0.05, 0) is 60.7 Å². The quantitative estimate of drug-likeness (QED) is 0.526. The number of H-pyrrole nitrogens is 1. The molecule has 0 spiro atoms. The van der Waals surface area contributed by atoms with Crippen molar-refractivity contribution < 1.29 is 9.47 Å². The van der Waals surface area contributed by atoms with E-state index in [0.29, 0.717) is 12.5 Å². The second kappa shape index (κ2) is 8.76. The molecule has 0 aliphatic carbocycles. The van der Waals surface area contributed by atoms with Crippen LogP contribution in [0.4, 0.5) is 5.69 Å². The van der Waals surface area contributed by atoms with Crippen molar-refractivity contribution in [3.05, 3.63) is 53.4 Å². The van der Waals surface area contributed by atoms with E-state index >= 15 is 0 Å². The van der Waals surface area contributed by atoms with Gasteiger partial charge in [0.15, 0.2) is 11.5 Å². The normalized spacial score (nSPS) is 15.7. The first-order chi connectivity index (χ1) is 15.4. The van der Waals surface area contributed by atoms with E-state index in [1.807, 2.05) is 12.1 Å². The molecule has 3 aromatic rings. The van der Waals surface area contributed by atoms with E-state index in [-0.39, 0.29) is 5.54 Å². The monoisotopic (exact) mass is 432 g/mol. The molecule has 1 aliphatic heterocycles. The lowest BCUT2D eigenvalue weighted by atomic mass is 9.88. The molecule has 1 aromatic heterocycles. The molecule has 1 fully saturated rings. The molecule has 4 rings (SSSR count). The number of nitrogens with one attached hydrogen (secondary N) is 1. The highest BCUT2D eigenvalue weighted by molar-refractivity contribution is 5.93. The third kappa shape index (κ3) is 4.01. The number of fused-ring (bicyclic) bond motifs is 1. The number of nitrogens with two attached hydrogens (primary N) is 1. The largest absolute Gasteiger partial charge is 0.493 e. The summed E-state index contributed by atoms with van der Waals surface area (Å²) < 4.78 is 10.9. The van der Waals surface area contributed by atoms with E-state index < -0.39 is 0 Å². The summed E-state index contributed by atoms with van der Waals surface area (Å²) >= 11 is 0. The summed E-state index contributed by atoms with van der Waals surface area (Å²) in [6, 6.07) is 12.7. The smallest absolute Gasteiger partial charge is 0.232 e. The Labute approximate surface area is 190 Å². The fraction of sp³-hybridized carbons (Fsp3) is 0.423. The average Bonchev–Trinajstić information content (AvgIpc) is 3.18. The zero-order chi connectivity index (χ0) is 22.9. The highest BCUT2D eigenvalue weighted by Gasteiger charge is 2.33. The van der Waals surface area contributed by atoms with Gasteiger partial charge < -0.3 is 29.9 Å². The third-order valence-electron chi connectivity index (χ3n) is 6.59. The van der Waals surface area contributed by atoms with Crippen LogP contribution in [0, 0.1) is 6.57 Å². The van der Waals surface area contributed by atoms with E-state index in [0.717, 1.165) is 54.2 Å². The minimum atomic E-state index is -0.347. The summed E-state index contributed by atoms with van der Waals surface area (Å²) in [4.78, 5) is 9.57. The maximum absolute atomic E-state index is 7.17. The van der Waals surface area contributed by atoms with Gasteiger partial charge in [0.1, 0.15) is 0 Å². The Morgan fingerprint density at radius 3 is 2.44 bits per heavy atom. The highest BCUT2D eigenvalue weighted by atomic mass is 16.5. The first-order valence-corrected chi connectivity index (χ1v) is 11.1. The minimum absolute atomic E-state index is 0.346. The average molecular weight is 433 g/mol. The molecule has 3 N–H and O–H groups in total. The molecule has 1 aliphatic rings. The molecular formula is C26H32N4O2. The first kappa shape index (κ1) is 22.0. The summed E-state index contributed by atoms with van der Waals surface area (Å²) in [7, 11) is 3.31. The van der Waals surface area contributed by atoms with Gasteiger partial charge in [-0.2, -0.15) is 0 Å². The predicted molar refractivity (Wildman–Crippen MR) is 131 cm³/mol. The second-order valence-electron chi connectivity index (χ2n) is 9.03.